The Morgan fingerprint density at radius 3 is 2.83 bits per heavy atom. The van der Waals surface area contributed by atoms with Gasteiger partial charge in [0.1, 0.15) is 5.82 Å². The Hall–Kier alpha value is -0.190. The minimum atomic E-state index is -0.368. The zero-order valence-corrected chi connectivity index (χ0v) is 12.4. The summed E-state index contributed by atoms with van der Waals surface area (Å²) in [5, 5.41) is 0.713. The maximum absolute atomic E-state index is 12.9. The Kier molecular flexibility index (Phi) is 4.98. The molecule has 0 N–H and O–H groups in total. The Bertz CT molecular complexity index is 453. The van der Waals surface area contributed by atoms with E-state index in [1.807, 2.05) is 11.8 Å². The van der Waals surface area contributed by atoms with Crippen LogP contribution in [0.15, 0.2) is 18.2 Å². The highest BCUT2D eigenvalue weighted by atomic mass is 35.5. The van der Waals surface area contributed by atoms with Crippen molar-refractivity contribution in [2.24, 2.45) is 0 Å². The normalized spacial score (nSPS) is 23.9. The van der Waals surface area contributed by atoms with Gasteiger partial charge >= 0.3 is 0 Å². The third kappa shape index (κ3) is 3.43. The zero-order valence-electron chi connectivity index (χ0n) is 9.99. The second-order valence-electron chi connectivity index (χ2n) is 4.25. The summed E-state index contributed by atoms with van der Waals surface area (Å²) >= 11 is 9.50. The molecule has 0 saturated carbocycles. The van der Waals surface area contributed by atoms with E-state index in [0.29, 0.717) is 22.3 Å². The minimum absolute atomic E-state index is 0.0323. The standard InChI is InChI=1S/C13H14ClFOS2/c1-8-13(18-5-4-17-8)12(16)6-9-2-3-10(15)7-11(9)14/h2-3,7-8,13H,4-6H2,1H3. The van der Waals surface area contributed by atoms with Crippen LogP contribution in [0.5, 0.6) is 0 Å². The summed E-state index contributed by atoms with van der Waals surface area (Å²) < 4.78 is 12.9. The summed E-state index contributed by atoms with van der Waals surface area (Å²) in [5.74, 6) is 1.94. The first-order chi connectivity index (χ1) is 8.58. The molecule has 5 heteroatoms. The van der Waals surface area contributed by atoms with Gasteiger partial charge in [0.15, 0.2) is 5.78 Å². The van der Waals surface area contributed by atoms with E-state index in [9.17, 15) is 9.18 Å². The molecule has 0 radical (unpaired) electrons. The van der Waals surface area contributed by atoms with Gasteiger partial charge in [0.25, 0.3) is 0 Å². The lowest BCUT2D eigenvalue weighted by Gasteiger charge is -2.26. The van der Waals surface area contributed by atoms with Gasteiger partial charge < -0.3 is 0 Å². The Balaban J connectivity index is 2.06. The van der Waals surface area contributed by atoms with Crippen molar-refractivity contribution in [2.45, 2.75) is 23.8 Å². The number of carbonyl (C=O) groups is 1. The number of benzene rings is 1. The van der Waals surface area contributed by atoms with Crippen molar-refractivity contribution in [3.05, 3.63) is 34.6 Å². The van der Waals surface area contributed by atoms with E-state index >= 15 is 0 Å². The summed E-state index contributed by atoms with van der Waals surface area (Å²) in [7, 11) is 0. The first-order valence-corrected chi connectivity index (χ1v) is 8.25. The summed E-state index contributed by atoms with van der Waals surface area (Å²) in [6.45, 7) is 2.09. The van der Waals surface area contributed by atoms with Gasteiger partial charge in [-0.05, 0) is 17.7 Å². The molecule has 2 unspecified atom stereocenters. The van der Waals surface area contributed by atoms with Crippen molar-refractivity contribution >= 4 is 40.9 Å². The molecule has 18 heavy (non-hydrogen) atoms. The van der Waals surface area contributed by atoms with E-state index < -0.39 is 0 Å². The van der Waals surface area contributed by atoms with Gasteiger partial charge in [-0.15, -0.1) is 11.8 Å². The second kappa shape index (κ2) is 6.31. The predicted molar refractivity (Wildman–Crippen MR) is 78.3 cm³/mol. The van der Waals surface area contributed by atoms with Gasteiger partial charge in [0, 0.05) is 28.2 Å². The molecule has 1 aliphatic rings. The fourth-order valence-electron chi connectivity index (χ4n) is 1.94. The largest absolute Gasteiger partial charge is 0.298 e. The van der Waals surface area contributed by atoms with Crippen molar-refractivity contribution in [1.82, 2.24) is 0 Å². The van der Waals surface area contributed by atoms with Crippen molar-refractivity contribution < 1.29 is 9.18 Å². The summed E-state index contributed by atoms with van der Waals surface area (Å²) in [6, 6.07) is 4.21. The molecule has 0 spiro atoms. The maximum atomic E-state index is 12.9. The van der Waals surface area contributed by atoms with Gasteiger partial charge in [0.2, 0.25) is 0 Å². The van der Waals surface area contributed by atoms with E-state index in [1.54, 1.807) is 17.8 Å². The van der Waals surface area contributed by atoms with E-state index in [1.165, 1.54) is 12.1 Å². The lowest BCUT2D eigenvalue weighted by molar-refractivity contribution is -0.117. The first-order valence-electron chi connectivity index (χ1n) is 5.78. The molecule has 2 atom stereocenters. The van der Waals surface area contributed by atoms with Crippen LogP contribution < -0.4 is 0 Å². The highest BCUT2D eigenvalue weighted by Crippen LogP contribution is 2.32. The second-order valence-corrected chi connectivity index (χ2v) is 7.39. The van der Waals surface area contributed by atoms with Crippen LogP contribution in [0.1, 0.15) is 12.5 Å². The molecule has 2 rings (SSSR count). The molecule has 1 aromatic rings. The molecule has 98 valence electrons. The third-order valence-corrected chi connectivity index (χ3v) is 6.38. The lowest BCUT2D eigenvalue weighted by Crippen LogP contribution is -2.32. The van der Waals surface area contributed by atoms with Gasteiger partial charge in [0.05, 0.1) is 5.25 Å². The van der Waals surface area contributed by atoms with Crippen LogP contribution in [-0.4, -0.2) is 27.8 Å². The number of hydrogen-bond donors (Lipinski definition) is 0. The Morgan fingerprint density at radius 1 is 1.44 bits per heavy atom. The van der Waals surface area contributed by atoms with Crippen LogP contribution in [0.3, 0.4) is 0 Å². The van der Waals surface area contributed by atoms with Gasteiger partial charge in [-0.2, -0.15) is 11.8 Å². The monoisotopic (exact) mass is 304 g/mol. The third-order valence-electron chi connectivity index (χ3n) is 2.88. The van der Waals surface area contributed by atoms with E-state index in [-0.39, 0.29) is 16.9 Å². The molecule has 0 amide bonds. The number of hydrogen-bond acceptors (Lipinski definition) is 3. The summed E-state index contributed by atoms with van der Waals surface area (Å²) in [6.07, 6.45) is 0.293. The van der Waals surface area contributed by atoms with Crippen LogP contribution in [0, 0.1) is 5.82 Å². The number of carbonyl (C=O) groups excluding carboxylic acids is 1. The first kappa shape index (κ1) is 14.2. The molecule has 1 nitrogen and oxygen atoms in total. The highest BCUT2D eigenvalue weighted by molar-refractivity contribution is 8.07. The van der Waals surface area contributed by atoms with Crippen molar-refractivity contribution in [3.63, 3.8) is 0 Å². The van der Waals surface area contributed by atoms with Crippen LogP contribution in [-0.2, 0) is 11.2 Å². The van der Waals surface area contributed by atoms with E-state index in [2.05, 4.69) is 6.92 Å². The fraction of sp³-hybridized carbons (Fsp3) is 0.462. The number of rotatable bonds is 3. The maximum Gasteiger partial charge on any atom is 0.151 e. The molecular weight excluding hydrogens is 291 g/mol. The fourth-order valence-corrected chi connectivity index (χ4v) is 4.91. The van der Waals surface area contributed by atoms with Crippen molar-refractivity contribution in [2.75, 3.05) is 11.5 Å². The van der Waals surface area contributed by atoms with Gasteiger partial charge in [-0.1, -0.05) is 24.6 Å². The average molecular weight is 305 g/mol. The number of ketones is 1. The van der Waals surface area contributed by atoms with Crippen LogP contribution in [0.2, 0.25) is 5.02 Å². The summed E-state index contributed by atoms with van der Waals surface area (Å²) in [5.41, 5.74) is 0.714. The molecular formula is C13H14ClFOS2. The molecule has 0 bridgehead atoms. The molecule has 1 fully saturated rings. The van der Waals surface area contributed by atoms with E-state index in [4.69, 9.17) is 11.6 Å². The molecule has 0 aromatic heterocycles. The summed E-state index contributed by atoms with van der Waals surface area (Å²) in [4.78, 5) is 12.2. The van der Waals surface area contributed by atoms with Crippen LogP contribution >= 0.6 is 35.1 Å². The molecule has 1 aromatic carbocycles. The zero-order chi connectivity index (χ0) is 13.1. The molecule has 1 aliphatic heterocycles. The Morgan fingerprint density at radius 2 is 2.17 bits per heavy atom. The minimum Gasteiger partial charge on any atom is -0.298 e. The number of Topliss-reactive ketones (excluding diaryl/α,β-unsaturated/α-hetero) is 1. The van der Waals surface area contributed by atoms with Crippen LogP contribution in [0.4, 0.5) is 4.39 Å². The van der Waals surface area contributed by atoms with Gasteiger partial charge in [-0.25, -0.2) is 4.39 Å². The topological polar surface area (TPSA) is 17.1 Å². The molecule has 0 aliphatic carbocycles. The molecule has 1 heterocycles. The smallest absolute Gasteiger partial charge is 0.151 e. The van der Waals surface area contributed by atoms with E-state index in [0.717, 1.165) is 11.5 Å². The van der Waals surface area contributed by atoms with Crippen LogP contribution in [0.25, 0.3) is 0 Å². The van der Waals surface area contributed by atoms with Crippen molar-refractivity contribution in [3.8, 4) is 0 Å². The average Bonchev–Trinajstić information content (AvgIpc) is 2.33. The quantitative estimate of drug-likeness (QED) is 0.845. The Labute approximate surface area is 120 Å². The SMILES string of the molecule is CC1SCCSC1C(=O)Cc1ccc(F)cc1Cl. The van der Waals surface area contributed by atoms with Crippen molar-refractivity contribution in [1.29, 1.82) is 0 Å². The van der Waals surface area contributed by atoms with Gasteiger partial charge in [-0.3, -0.25) is 4.79 Å². The molecule has 1 saturated heterocycles. The number of halogens is 2. The predicted octanol–water partition coefficient (Wildman–Crippen LogP) is 3.83. The number of thioether (sulfide) groups is 2. The highest BCUT2D eigenvalue weighted by Gasteiger charge is 2.29. The lowest BCUT2D eigenvalue weighted by atomic mass is 10.1.